The maximum atomic E-state index is 12.4. The number of halogens is 1. The summed E-state index contributed by atoms with van der Waals surface area (Å²) in [6.07, 6.45) is 2.31. The second-order valence-corrected chi connectivity index (χ2v) is 4.63. The first kappa shape index (κ1) is 8.69. The standard InChI is InChI=1S/C9H9FO2S/c10-13(11,12)9-5-3-8(4-6-9)7-1-2-7/h3-7H,1-2H2. The summed E-state index contributed by atoms with van der Waals surface area (Å²) in [4.78, 5) is -0.253. The van der Waals surface area contributed by atoms with E-state index in [0.29, 0.717) is 5.92 Å². The van der Waals surface area contributed by atoms with Gasteiger partial charge in [0.2, 0.25) is 0 Å². The quantitative estimate of drug-likeness (QED) is 0.686. The van der Waals surface area contributed by atoms with Gasteiger partial charge >= 0.3 is 10.2 Å². The maximum Gasteiger partial charge on any atom is 0.332 e. The van der Waals surface area contributed by atoms with Crippen LogP contribution in [0.2, 0.25) is 0 Å². The predicted molar refractivity (Wildman–Crippen MR) is 46.7 cm³/mol. The molecule has 70 valence electrons. The molecular weight excluding hydrogens is 191 g/mol. The summed E-state index contributed by atoms with van der Waals surface area (Å²) in [5.41, 5.74) is 1.10. The van der Waals surface area contributed by atoms with E-state index in [-0.39, 0.29) is 4.90 Å². The van der Waals surface area contributed by atoms with Crippen molar-refractivity contribution in [3.05, 3.63) is 29.8 Å². The largest absolute Gasteiger partial charge is 0.332 e. The highest BCUT2D eigenvalue weighted by Crippen LogP contribution is 2.40. The van der Waals surface area contributed by atoms with Crippen molar-refractivity contribution in [1.29, 1.82) is 0 Å². The van der Waals surface area contributed by atoms with Crippen LogP contribution in [0, 0.1) is 0 Å². The fourth-order valence-corrected chi connectivity index (χ4v) is 1.78. The summed E-state index contributed by atoms with van der Waals surface area (Å²) in [7, 11) is -4.52. The Morgan fingerprint density at radius 2 is 1.69 bits per heavy atom. The molecule has 0 radical (unpaired) electrons. The molecule has 0 N–H and O–H groups in total. The van der Waals surface area contributed by atoms with Gasteiger partial charge in [0.1, 0.15) is 0 Å². The lowest BCUT2D eigenvalue weighted by Crippen LogP contribution is -1.91. The normalized spacial score (nSPS) is 17.3. The van der Waals surface area contributed by atoms with E-state index in [0.717, 1.165) is 18.4 Å². The fraction of sp³-hybridized carbons (Fsp3) is 0.333. The zero-order chi connectivity index (χ0) is 9.47. The molecule has 13 heavy (non-hydrogen) atoms. The molecule has 1 aliphatic carbocycles. The fourth-order valence-electron chi connectivity index (χ4n) is 1.32. The minimum absolute atomic E-state index is 0.253. The summed E-state index contributed by atoms with van der Waals surface area (Å²) in [6, 6.07) is 6.01. The molecule has 1 fully saturated rings. The van der Waals surface area contributed by atoms with Crippen LogP contribution in [0.15, 0.2) is 29.2 Å². The van der Waals surface area contributed by atoms with Crippen molar-refractivity contribution < 1.29 is 12.3 Å². The number of benzene rings is 1. The molecule has 2 rings (SSSR count). The van der Waals surface area contributed by atoms with E-state index in [1.54, 1.807) is 12.1 Å². The van der Waals surface area contributed by atoms with Crippen LogP contribution in [0.25, 0.3) is 0 Å². The Hall–Kier alpha value is -0.900. The highest BCUT2D eigenvalue weighted by Gasteiger charge is 2.23. The summed E-state index contributed by atoms with van der Waals surface area (Å²) >= 11 is 0. The van der Waals surface area contributed by atoms with Gasteiger partial charge in [-0.3, -0.25) is 0 Å². The third-order valence-corrected chi connectivity index (χ3v) is 3.05. The van der Waals surface area contributed by atoms with Gasteiger partial charge in [0.25, 0.3) is 0 Å². The highest BCUT2D eigenvalue weighted by molar-refractivity contribution is 7.86. The first-order valence-electron chi connectivity index (χ1n) is 4.12. The van der Waals surface area contributed by atoms with Crippen LogP contribution in [0.5, 0.6) is 0 Å². The Bertz CT molecular complexity index is 404. The lowest BCUT2D eigenvalue weighted by atomic mass is 10.1. The van der Waals surface area contributed by atoms with Gasteiger partial charge in [0.05, 0.1) is 4.90 Å². The molecule has 0 amide bonds. The van der Waals surface area contributed by atoms with Crippen LogP contribution in [-0.2, 0) is 10.2 Å². The van der Waals surface area contributed by atoms with Crippen molar-refractivity contribution in [2.75, 3.05) is 0 Å². The zero-order valence-corrected chi connectivity index (χ0v) is 7.72. The van der Waals surface area contributed by atoms with Gasteiger partial charge in [-0.2, -0.15) is 8.42 Å². The monoisotopic (exact) mass is 200 g/mol. The Morgan fingerprint density at radius 1 is 1.15 bits per heavy atom. The topological polar surface area (TPSA) is 34.1 Å². The summed E-state index contributed by atoms with van der Waals surface area (Å²) in [6.45, 7) is 0. The van der Waals surface area contributed by atoms with Crippen LogP contribution in [0.3, 0.4) is 0 Å². The van der Waals surface area contributed by atoms with Crippen LogP contribution in [-0.4, -0.2) is 8.42 Å². The van der Waals surface area contributed by atoms with Crippen LogP contribution < -0.4 is 0 Å². The van der Waals surface area contributed by atoms with E-state index in [2.05, 4.69) is 0 Å². The van der Waals surface area contributed by atoms with E-state index >= 15 is 0 Å². The molecule has 0 saturated heterocycles. The molecule has 1 aromatic rings. The highest BCUT2D eigenvalue weighted by atomic mass is 32.3. The first-order chi connectivity index (χ1) is 6.07. The Kier molecular flexibility index (Phi) is 1.87. The Morgan fingerprint density at radius 3 is 2.08 bits per heavy atom. The number of hydrogen-bond acceptors (Lipinski definition) is 2. The third-order valence-electron chi connectivity index (χ3n) is 2.21. The van der Waals surface area contributed by atoms with Gasteiger partial charge in [-0.25, -0.2) is 0 Å². The van der Waals surface area contributed by atoms with E-state index < -0.39 is 10.2 Å². The van der Waals surface area contributed by atoms with Crippen LogP contribution in [0.1, 0.15) is 24.3 Å². The van der Waals surface area contributed by atoms with Crippen molar-refractivity contribution in [3.63, 3.8) is 0 Å². The minimum Gasteiger partial charge on any atom is -0.189 e. The number of hydrogen-bond donors (Lipinski definition) is 0. The van der Waals surface area contributed by atoms with Crippen LogP contribution >= 0.6 is 0 Å². The first-order valence-corrected chi connectivity index (χ1v) is 5.50. The Balaban J connectivity index is 2.33. The SMILES string of the molecule is O=S(=O)(F)c1ccc(C2CC2)cc1. The molecule has 0 aromatic heterocycles. The van der Waals surface area contributed by atoms with E-state index in [4.69, 9.17) is 0 Å². The summed E-state index contributed by atoms with van der Waals surface area (Å²) < 4.78 is 33.4. The predicted octanol–water partition coefficient (Wildman–Crippen LogP) is 2.22. The Labute approximate surface area is 76.6 Å². The van der Waals surface area contributed by atoms with Crippen molar-refractivity contribution >= 4 is 10.2 Å². The van der Waals surface area contributed by atoms with Crippen molar-refractivity contribution in [3.8, 4) is 0 Å². The van der Waals surface area contributed by atoms with Gasteiger partial charge in [0.15, 0.2) is 0 Å². The molecule has 0 heterocycles. The van der Waals surface area contributed by atoms with Gasteiger partial charge in [-0.15, -0.1) is 3.89 Å². The lowest BCUT2D eigenvalue weighted by molar-refractivity contribution is 0.552. The smallest absolute Gasteiger partial charge is 0.189 e. The van der Waals surface area contributed by atoms with Crippen molar-refractivity contribution in [2.24, 2.45) is 0 Å². The molecule has 1 aliphatic rings. The summed E-state index contributed by atoms with van der Waals surface area (Å²) in [5, 5.41) is 0. The number of rotatable bonds is 2. The van der Waals surface area contributed by atoms with Gasteiger partial charge in [-0.05, 0) is 36.5 Å². The van der Waals surface area contributed by atoms with Gasteiger partial charge in [0, 0.05) is 0 Å². The molecule has 1 saturated carbocycles. The van der Waals surface area contributed by atoms with E-state index in [9.17, 15) is 12.3 Å². The second kappa shape index (κ2) is 2.80. The summed E-state index contributed by atoms with van der Waals surface area (Å²) in [5.74, 6) is 0.566. The minimum atomic E-state index is -4.52. The van der Waals surface area contributed by atoms with Crippen molar-refractivity contribution in [1.82, 2.24) is 0 Å². The molecule has 1 aromatic carbocycles. The average molecular weight is 200 g/mol. The maximum absolute atomic E-state index is 12.4. The van der Waals surface area contributed by atoms with E-state index in [1.165, 1.54) is 12.1 Å². The molecule has 0 spiro atoms. The molecule has 0 atom stereocenters. The molecule has 0 bridgehead atoms. The molecule has 0 unspecified atom stereocenters. The lowest BCUT2D eigenvalue weighted by Gasteiger charge is -1.98. The molecular formula is C9H9FO2S. The van der Waals surface area contributed by atoms with E-state index in [1.807, 2.05) is 0 Å². The molecule has 4 heteroatoms. The van der Waals surface area contributed by atoms with Gasteiger partial charge < -0.3 is 0 Å². The second-order valence-electron chi connectivity index (χ2n) is 3.28. The van der Waals surface area contributed by atoms with Crippen LogP contribution in [0.4, 0.5) is 3.89 Å². The zero-order valence-electron chi connectivity index (χ0n) is 6.90. The molecule has 2 nitrogen and oxygen atoms in total. The van der Waals surface area contributed by atoms with Gasteiger partial charge in [-0.1, -0.05) is 12.1 Å². The average Bonchev–Trinajstić information content (AvgIpc) is 2.85. The third kappa shape index (κ3) is 1.88. The van der Waals surface area contributed by atoms with Crippen molar-refractivity contribution in [2.45, 2.75) is 23.7 Å². The molecule has 0 aliphatic heterocycles.